The van der Waals surface area contributed by atoms with Crippen LogP contribution in [0.4, 0.5) is 27.8 Å². The number of fused-ring (bicyclic) bond motifs is 10. The lowest BCUT2D eigenvalue weighted by atomic mass is 9.43. The summed E-state index contributed by atoms with van der Waals surface area (Å²) in [7, 11) is 0. The monoisotopic (exact) mass is 907 g/mol. The van der Waals surface area contributed by atoms with Crippen molar-refractivity contribution in [1.82, 2.24) is 0 Å². The number of thiophene rings is 1. The van der Waals surface area contributed by atoms with Crippen LogP contribution in [0.2, 0.25) is 0 Å². The van der Waals surface area contributed by atoms with Crippen molar-refractivity contribution in [2.45, 2.75) is 143 Å². The maximum absolute atomic E-state index is 2.76. The van der Waals surface area contributed by atoms with E-state index in [2.05, 4.69) is 221 Å². The van der Waals surface area contributed by atoms with Crippen LogP contribution in [0.15, 0.2) is 121 Å². The van der Waals surface area contributed by atoms with Crippen LogP contribution in [0.5, 0.6) is 0 Å². The van der Waals surface area contributed by atoms with Gasteiger partial charge in [-0.25, -0.2) is 0 Å². The molecule has 0 fully saturated rings. The molecule has 0 spiro atoms. The minimum atomic E-state index is -0.0776. The molecule has 68 heavy (non-hydrogen) atoms. The van der Waals surface area contributed by atoms with E-state index >= 15 is 0 Å². The Morgan fingerprint density at radius 2 is 1.12 bits per heavy atom. The third kappa shape index (κ3) is 6.34. The lowest BCUT2D eigenvalue weighted by molar-refractivity contribution is 0.332. The summed E-state index contributed by atoms with van der Waals surface area (Å²) in [5.41, 5.74) is 23.5. The number of hydrogen-bond donors (Lipinski definition) is 0. The molecule has 4 heteroatoms. The van der Waals surface area contributed by atoms with Gasteiger partial charge in [0.1, 0.15) is 0 Å². The van der Waals surface area contributed by atoms with Gasteiger partial charge < -0.3 is 9.71 Å². The van der Waals surface area contributed by atoms with E-state index in [1.165, 1.54) is 146 Å². The highest BCUT2D eigenvalue weighted by Gasteiger charge is 2.49. The first-order valence-corrected chi connectivity index (χ1v) is 26.2. The van der Waals surface area contributed by atoms with Gasteiger partial charge in [0.2, 0.25) is 0 Å². The smallest absolute Gasteiger partial charge is 0.334 e. The van der Waals surface area contributed by atoms with E-state index in [9.17, 15) is 0 Å². The molecule has 1 aromatic heterocycles. The molecule has 0 N–H and O–H groups in total. The summed E-state index contributed by atoms with van der Waals surface area (Å²) in [5, 5.41) is 5.31. The van der Waals surface area contributed by atoms with E-state index < -0.39 is 0 Å². The van der Waals surface area contributed by atoms with Crippen molar-refractivity contribution in [3.63, 3.8) is 0 Å². The van der Waals surface area contributed by atoms with E-state index in [0.717, 1.165) is 0 Å². The van der Waals surface area contributed by atoms with Crippen LogP contribution in [0.25, 0.3) is 43.1 Å². The van der Waals surface area contributed by atoms with Gasteiger partial charge in [-0.05, 0) is 198 Å². The Bertz CT molecular complexity index is 3430. The van der Waals surface area contributed by atoms with Gasteiger partial charge in [0.15, 0.2) is 0 Å². The Kier molecular flexibility index (Phi) is 9.31. The predicted octanol–water partition coefficient (Wildman–Crippen LogP) is 17.0. The fourth-order valence-corrected chi connectivity index (χ4v) is 14.2. The van der Waals surface area contributed by atoms with Crippen LogP contribution >= 0.6 is 11.3 Å². The van der Waals surface area contributed by atoms with Gasteiger partial charge in [-0.2, -0.15) is 0 Å². The zero-order valence-corrected chi connectivity index (χ0v) is 43.6. The fraction of sp³-hybridized carbons (Fsp3) is 0.344. The lowest BCUT2D eigenvalue weighted by Crippen LogP contribution is -2.61. The predicted molar refractivity (Wildman–Crippen MR) is 297 cm³/mol. The first kappa shape index (κ1) is 43.7. The zero-order valence-electron chi connectivity index (χ0n) is 42.8. The molecule has 0 unspecified atom stereocenters. The van der Waals surface area contributed by atoms with Crippen LogP contribution in [0.3, 0.4) is 0 Å². The quantitative estimate of drug-likeness (QED) is 0.163. The van der Waals surface area contributed by atoms with Crippen LogP contribution in [-0.4, -0.2) is 6.85 Å². The van der Waals surface area contributed by atoms with Crippen molar-refractivity contribution in [3.8, 4) is 22.3 Å². The number of nitrogens with zero attached hydrogens (tertiary/aromatic N) is 2. The first-order valence-electron chi connectivity index (χ1n) is 25.4. The van der Waals surface area contributed by atoms with Gasteiger partial charge in [0, 0.05) is 27.3 Å². The van der Waals surface area contributed by atoms with Crippen molar-refractivity contribution < 1.29 is 0 Å². The molecular weight excluding hydrogens is 840 g/mol. The number of hydrogen-bond acceptors (Lipinski definition) is 3. The van der Waals surface area contributed by atoms with Gasteiger partial charge in [-0.3, -0.25) is 0 Å². The highest BCUT2D eigenvalue weighted by Crippen LogP contribution is 2.56. The Morgan fingerprint density at radius 1 is 0.515 bits per heavy atom. The number of anilines is 5. The lowest BCUT2D eigenvalue weighted by Gasteiger charge is -2.46. The second-order valence-electron chi connectivity index (χ2n) is 24.8. The molecule has 0 bridgehead atoms. The van der Waals surface area contributed by atoms with Gasteiger partial charge in [0.05, 0.1) is 10.7 Å². The Hall–Kier alpha value is -5.58. The number of aryl methyl sites for hydroxylation is 2. The average Bonchev–Trinajstić information content (AvgIpc) is 3.67. The molecule has 4 aliphatic rings. The second-order valence-corrected chi connectivity index (χ2v) is 25.8. The minimum absolute atomic E-state index is 0.0402. The van der Waals surface area contributed by atoms with Crippen LogP contribution < -0.4 is 20.6 Å². The first-order chi connectivity index (χ1) is 32.1. The molecule has 2 aliphatic heterocycles. The maximum Gasteiger partial charge on any atom is 0.334 e. The summed E-state index contributed by atoms with van der Waals surface area (Å²) >= 11 is 2.03. The number of benzene rings is 7. The van der Waals surface area contributed by atoms with Gasteiger partial charge in [0.25, 0.3) is 0 Å². The SMILES string of the molecule is Cc1ccccc1-c1cc2c3c(c1)N(c1cc4c(cc1C)C(C)(C)CCC4(C)C)c1sc4cc5c(cc4c1B3N(c1ccc(C(C)(C)C)cc1)c1ccc3ccccc3c1-2)C(C)(C)CCC5(C)C. The van der Waals surface area contributed by atoms with E-state index in [1.54, 1.807) is 0 Å². The molecule has 0 saturated carbocycles. The molecule has 0 amide bonds. The molecule has 12 rings (SSSR count). The van der Waals surface area contributed by atoms with Crippen molar-refractivity contribution in [1.29, 1.82) is 0 Å². The Labute approximate surface area is 410 Å². The topological polar surface area (TPSA) is 6.48 Å². The molecule has 342 valence electrons. The number of rotatable bonds is 3. The molecule has 0 saturated heterocycles. The van der Waals surface area contributed by atoms with Gasteiger partial charge in [-0.15, -0.1) is 11.3 Å². The van der Waals surface area contributed by atoms with E-state index in [0.29, 0.717) is 0 Å². The summed E-state index contributed by atoms with van der Waals surface area (Å²) in [5.74, 6) is 0. The van der Waals surface area contributed by atoms with Crippen molar-refractivity contribution in [2.75, 3.05) is 9.71 Å². The van der Waals surface area contributed by atoms with Crippen LogP contribution in [0, 0.1) is 13.8 Å². The third-order valence-corrected chi connectivity index (χ3v) is 18.6. The zero-order chi connectivity index (χ0) is 47.6. The summed E-state index contributed by atoms with van der Waals surface area (Å²) in [6.07, 6.45) is 4.75. The summed E-state index contributed by atoms with van der Waals surface area (Å²) < 4.78 is 1.39. The maximum atomic E-state index is 2.76. The second kappa shape index (κ2) is 14.5. The molecule has 3 heterocycles. The van der Waals surface area contributed by atoms with Crippen LogP contribution in [-0.2, 0) is 27.1 Å². The molecular formula is C64H67BN2S. The van der Waals surface area contributed by atoms with E-state index in [1.807, 2.05) is 11.3 Å². The fourth-order valence-electron chi connectivity index (χ4n) is 13.0. The molecule has 8 aromatic rings. The van der Waals surface area contributed by atoms with Crippen molar-refractivity contribution in [3.05, 3.63) is 160 Å². The highest BCUT2D eigenvalue weighted by molar-refractivity contribution is 7.26. The van der Waals surface area contributed by atoms with E-state index in [4.69, 9.17) is 0 Å². The third-order valence-electron chi connectivity index (χ3n) is 17.4. The standard InChI is InChI=1S/C64H67BN2S/c1-38-18-14-16-20-44(38)41-33-47-56-45-21-17-15-19-40(45)22-27-52(56)67(43-25-23-42(24-26-43)60(3,4)5)65-57(47)54(34-41)66(53-36-50-48(32-39(53)2)61(6,7)28-30-63(50,10)11)59-58(65)46-35-49-51(37-55(46)68-59)64(12,13)31-29-62(49,8)9/h14-27,32-37H,28-31H2,1-13H3. The normalized spacial score (nSPS) is 18.2. The molecule has 0 atom stereocenters. The van der Waals surface area contributed by atoms with Gasteiger partial charge >= 0.3 is 6.85 Å². The summed E-state index contributed by atoms with van der Waals surface area (Å²) in [6, 6.07) is 48.2. The van der Waals surface area contributed by atoms with Gasteiger partial charge in [-0.1, -0.05) is 149 Å². The molecule has 2 aliphatic carbocycles. The summed E-state index contributed by atoms with van der Waals surface area (Å²) in [4.78, 5) is 5.51. The largest absolute Gasteiger partial charge is 0.376 e. The molecule has 2 nitrogen and oxygen atoms in total. The van der Waals surface area contributed by atoms with Crippen molar-refractivity contribution >= 4 is 77.7 Å². The Balaban J connectivity index is 1.27. The molecule has 0 radical (unpaired) electrons. The summed E-state index contributed by atoms with van der Waals surface area (Å²) in [6.45, 7) is 31.4. The molecule has 7 aromatic carbocycles. The van der Waals surface area contributed by atoms with Crippen LogP contribution in [0.1, 0.15) is 141 Å². The van der Waals surface area contributed by atoms with E-state index in [-0.39, 0.29) is 33.9 Å². The minimum Gasteiger partial charge on any atom is -0.376 e. The average molecular weight is 907 g/mol. The van der Waals surface area contributed by atoms with Crippen molar-refractivity contribution in [2.24, 2.45) is 0 Å². The Morgan fingerprint density at radius 3 is 1.78 bits per heavy atom. The highest BCUT2D eigenvalue weighted by atomic mass is 32.1.